The molecule has 1 heterocycles. The summed E-state index contributed by atoms with van der Waals surface area (Å²) in [4.78, 5) is 4.43. The second kappa shape index (κ2) is 10.3. The van der Waals surface area contributed by atoms with Gasteiger partial charge in [-0.1, -0.05) is 38.7 Å². The summed E-state index contributed by atoms with van der Waals surface area (Å²) in [5.74, 6) is 0.177. The average molecular weight is 338 g/mol. The highest BCUT2D eigenvalue weighted by Crippen LogP contribution is 2.22. The fourth-order valence-corrected chi connectivity index (χ4v) is 2.35. The van der Waals surface area contributed by atoms with E-state index in [4.69, 9.17) is 5.73 Å². The van der Waals surface area contributed by atoms with E-state index in [1.807, 2.05) is 44.5 Å². The Bertz CT molecular complexity index is 685. The van der Waals surface area contributed by atoms with Gasteiger partial charge >= 0.3 is 0 Å². The van der Waals surface area contributed by atoms with Crippen molar-refractivity contribution in [3.63, 3.8) is 0 Å². The second-order valence-corrected chi connectivity index (χ2v) is 5.86. The SMILES string of the molecule is C=C1C=CC(/C(C)=C/C(=N\C)[C@@H](C)/C=C\C(N)=C/CC)=CN1/N=C\C. The first kappa shape index (κ1) is 20.4. The number of nitrogens with zero attached hydrogens (tertiary/aromatic N) is 3. The maximum Gasteiger partial charge on any atom is 0.0574 e. The number of rotatable bonds is 7. The Morgan fingerprint density at radius 3 is 2.72 bits per heavy atom. The summed E-state index contributed by atoms with van der Waals surface area (Å²) >= 11 is 0. The van der Waals surface area contributed by atoms with E-state index in [-0.39, 0.29) is 5.92 Å². The molecule has 0 amide bonds. The highest BCUT2D eigenvalue weighted by atomic mass is 15.4. The van der Waals surface area contributed by atoms with Gasteiger partial charge in [-0.3, -0.25) is 4.99 Å². The monoisotopic (exact) mass is 338 g/mol. The van der Waals surface area contributed by atoms with Crippen LogP contribution >= 0.6 is 0 Å². The first-order chi connectivity index (χ1) is 11.9. The summed E-state index contributed by atoms with van der Waals surface area (Å²) in [5, 5.41) is 6.06. The molecule has 25 heavy (non-hydrogen) atoms. The number of hydrazone groups is 1. The number of hydrogen-bond donors (Lipinski definition) is 1. The number of hydrogen-bond acceptors (Lipinski definition) is 4. The normalized spacial score (nSPS) is 18.4. The third-order valence-electron chi connectivity index (χ3n) is 3.81. The van der Waals surface area contributed by atoms with Gasteiger partial charge in [-0.05, 0) is 49.6 Å². The molecule has 1 rings (SSSR count). The van der Waals surface area contributed by atoms with Crippen LogP contribution in [0.4, 0.5) is 0 Å². The van der Waals surface area contributed by atoms with Gasteiger partial charge in [0.05, 0.1) is 5.70 Å². The molecular weight excluding hydrogens is 308 g/mol. The molecule has 0 radical (unpaired) electrons. The predicted molar refractivity (Wildman–Crippen MR) is 110 cm³/mol. The van der Waals surface area contributed by atoms with Crippen LogP contribution in [0, 0.1) is 5.92 Å². The lowest BCUT2D eigenvalue weighted by atomic mass is 9.98. The van der Waals surface area contributed by atoms with Crippen LogP contribution < -0.4 is 5.73 Å². The topological polar surface area (TPSA) is 54.0 Å². The van der Waals surface area contributed by atoms with E-state index in [0.29, 0.717) is 0 Å². The molecule has 134 valence electrons. The van der Waals surface area contributed by atoms with E-state index in [0.717, 1.165) is 34.7 Å². The third kappa shape index (κ3) is 6.42. The highest BCUT2D eigenvalue weighted by molar-refractivity contribution is 5.98. The zero-order valence-electron chi connectivity index (χ0n) is 16.0. The third-order valence-corrected chi connectivity index (χ3v) is 3.81. The Balaban J connectivity index is 2.98. The van der Waals surface area contributed by atoms with Crippen molar-refractivity contribution in [1.82, 2.24) is 5.01 Å². The molecule has 4 nitrogen and oxygen atoms in total. The van der Waals surface area contributed by atoms with Crippen LogP contribution in [0.2, 0.25) is 0 Å². The molecular formula is C21H30N4. The molecule has 0 aliphatic carbocycles. The van der Waals surface area contributed by atoms with Crippen LogP contribution in [0.5, 0.6) is 0 Å². The number of allylic oxidation sites excluding steroid dienone is 8. The molecule has 1 atom stereocenters. The van der Waals surface area contributed by atoms with Gasteiger partial charge in [-0.25, -0.2) is 5.01 Å². The first-order valence-corrected chi connectivity index (χ1v) is 8.58. The summed E-state index contributed by atoms with van der Waals surface area (Å²) in [6, 6.07) is 0. The van der Waals surface area contributed by atoms with Gasteiger partial charge in [0, 0.05) is 36.8 Å². The molecule has 0 aromatic heterocycles. The molecule has 0 aromatic carbocycles. The fourth-order valence-electron chi connectivity index (χ4n) is 2.35. The van der Waals surface area contributed by atoms with E-state index >= 15 is 0 Å². The maximum absolute atomic E-state index is 5.92. The van der Waals surface area contributed by atoms with Gasteiger partial charge in [-0.2, -0.15) is 5.10 Å². The summed E-state index contributed by atoms with van der Waals surface area (Å²) in [7, 11) is 1.81. The standard InChI is InChI=1S/C21H30N4/c1-7-9-20(22)13-10-16(3)21(23-6)14-17(4)19-12-11-18(5)25(15-19)24-8-2/h8-16H,5,7,22H2,1-4,6H3/b13-10-,17-14+,20-9+,23-21+,24-8-/t16-/m0/s1. The highest BCUT2D eigenvalue weighted by Gasteiger charge is 2.11. The van der Waals surface area contributed by atoms with Gasteiger partial charge in [0.15, 0.2) is 0 Å². The molecule has 2 N–H and O–H groups in total. The van der Waals surface area contributed by atoms with Crippen molar-refractivity contribution in [2.75, 3.05) is 7.05 Å². The lowest BCUT2D eigenvalue weighted by molar-refractivity contribution is 0.511. The van der Waals surface area contributed by atoms with Crippen molar-refractivity contribution in [3.8, 4) is 0 Å². The fraction of sp³-hybridized carbons (Fsp3) is 0.333. The molecule has 0 bridgehead atoms. The molecule has 4 heteroatoms. The van der Waals surface area contributed by atoms with E-state index < -0.39 is 0 Å². The van der Waals surface area contributed by atoms with Gasteiger partial charge in [0.25, 0.3) is 0 Å². The van der Waals surface area contributed by atoms with Gasteiger partial charge in [0.1, 0.15) is 0 Å². The lowest BCUT2D eigenvalue weighted by Gasteiger charge is -2.20. The molecule has 0 saturated heterocycles. The summed E-state index contributed by atoms with van der Waals surface area (Å²) in [6.45, 7) is 12.1. The lowest BCUT2D eigenvalue weighted by Crippen LogP contribution is -2.12. The van der Waals surface area contributed by atoms with E-state index in [1.54, 1.807) is 11.2 Å². The minimum atomic E-state index is 0.177. The number of aliphatic imine (C=N–C) groups is 1. The van der Waals surface area contributed by atoms with Crippen molar-refractivity contribution >= 4 is 11.9 Å². The van der Waals surface area contributed by atoms with Crippen LogP contribution in [0.1, 0.15) is 34.1 Å². The van der Waals surface area contributed by atoms with Gasteiger partial charge in [0.2, 0.25) is 0 Å². The Labute approximate surface area is 152 Å². The minimum Gasteiger partial charge on any atom is -0.399 e. The molecule has 0 spiro atoms. The summed E-state index contributed by atoms with van der Waals surface area (Å²) < 4.78 is 0. The van der Waals surface area contributed by atoms with Crippen LogP contribution in [0.25, 0.3) is 0 Å². The zero-order chi connectivity index (χ0) is 18.8. The minimum absolute atomic E-state index is 0.177. The molecule has 1 aliphatic rings. The van der Waals surface area contributed by atoms with E-state index in [9.17, 15) is 0 Å². The average Bonchev–Trinajstić information content (AvgIpc) is 2.59. The van der Waals surface area contributed by atoms with E-state index in [1.165, 1.54) is 0 Å². The number of nitrogens with two attached hydrogens (primary N) is 1. The quantitative estimate of drug-likeness (QED) is 0.539. The largest absolute Gasteiger partial charge is 0.399 e. The Hall–Kier alpha value is -2.62. The first-order valence-electron chi connectivity index (χ1n) is 8.58. The second-order valence-electron chi connectivity index (χ2n) is 5.86. The summed E-state index contributed by atoms with van der Waals surface area (Å²) in [5.41, 5.74) is 10.8. The maximum atomic E-state index is 5.92. The Morgan fingerprint density at radius 1 is 1.40 bits per heavy atom. The van der Waals surface area contributed by atoms with Gasteiger partial charge in [-0.15, -0.1) is 0 Å². The Kier molecular flexibility index (Phi) is 8.40. The van der Waals surface area contributed by atoms with Gasteiger partial charge < -0.3 is 5.73 Å². The van der Waals surface area contributed by atoms with E-state index in [2.05, 4.69) is 49.6 Å². The molecule has 0 aromatic rings. The molecule has 0 saturated carbocycles. The Morgan fingerprint density at radius 2 is 2.12 bits per heavy atom. The van der Waals surface area contributed by atoms with Crippen LogP contribution in [0.3, 0.4) is 0 Å². The van der Waals surface area contributed by atoms with Crippen molar-refractivity contribution in [2.45, 2.75) is 34.1 Å². The summed E-state index contributed by atoms with van der Waals surface area (Å²) in [6.07, 6.45) is 16.8. The zero-order valence-corrected chi connectivity index (χ0v) is 16.0. The van der Waals surface area contributed by atoms with Crippen molar-refractivity contribution in [2.24, 2.45) is 21.7 Å². The van der Waals surface area contributed by atoms with Crippen LogP contribution in [-0.4, -0.2) is 24.0 Å². The molecule has 1 aliphatic heterocycles. The van der Waals surface area contributed by atoms with Crippen molar-refractivity contribution < 1.29 is 0 Å². The van der Waals surface area contributed by atoms with Crippen LogP contribution in [0.15, 0.2) is 81.9 Å². The smallest absolute Gasteiger partial charge is 0.0574 e. The molecule has 0 fully saturated rings. The predicted octanol–water partition coefficient (Wildman–Crippen LogP) is 4.72. The molecule has 0 unspecified atom stereocenters. The van der Waals surface area contributed by atoms with Crippen LogP contribution in [-0.2, 0) is 0 Å². The van der Waals surface area contributed by atoms with Crippen molar-refractivity contribution in [1.29, 1.82) is 0 Å². The van der Waals surface area contributed by atoms with Crippen molar-refractivity contribution in [3.05, 3.63) is 71.8 Å².